The Morgan fingerprint density at radius 1 is 1.44 bits per heavy atom. The standard InChI is InChI=1S/C12H17NO3S2/c1-18(15,16)9-10-4-6-13(7-5-10)12(14)11-3-2-8-17-11/h2-3,8,10H,4-7,9H2,1H3. The molecule has 0 N–H and O–H groups in total. The summed E-state index contributed by atoms with van der Waals surface area (Å²) in [6.07, 6.45) is 2.84. The maximum absolute atomic E-state index is 12.1. The van der Waals surface area contributed by atoms with E-state index in [-0.39, 0.29) is 17.6 Å². The first-order valence-electron chi connectivity index (χ1n) is 5.96. The first-order valence-corrected chi connectivity index (χ1v) is 8.90. The number of nitrogens with zero attached hydrogens (tertiary/aromatic N) is 1. The second-order valence-electron chi connectivity index (χ2n) is 4.81. The molecule has 1 aliphatic rings. The van der Waals surface area contributed by atoms with Crippen LogP contribution in [0.3, 0.4) is 0 Å². The summed E-state index contributed by atoms with van der Waals surface area (Å²) < 4.78 is 22.4. The van der Waals surface area contributed by atoms with Crippen molar-refractivity contribution in [3.05, 3.63) is 22.4 Å². The maximum Gasteiger partial charge on any atom is 0.263 e. The number of carbonyl (C=O) groups excluding carboxylic acids is 1. The predicted molar refractivity (Wildman–Crippen MR) is 72.7 cm³/mol. The van der Waals surface area contributed by atoms with E-state index in [0.29, 0.717) is 13.1 Å². The highest BCUT2D eigenvalue weighted by Gasteiger charge is 2.25. The third kappa shape index (κ3) is 3.55. The number of piperidine rings is 1. The van der Waals surface area contributed by atoms with Gasteiger partial charge in [-0.05, 0) is 30.2 Å². The molecule has 4 nitrogen and oxygen atoms in total. The highest BCUT2D eigenvalue weighted by Crippen LogP contribution is 2.21. The van der Waals surface area contributed by atoms with E-state index >= 15 is 0 Å². The number of rotatable bonds is 3. The van der Waals surface area contributed by atoms with Gasteiger partial charge in [0.2, 0.25) is 0 Å². The van der Waals surface area contributed by atoms with Gasteiger partial charge in [0.25, 0.3) is 5.91 Å². The lowest BCUT2D eigenvalue weighted by Gasteiger charge is -2.31. The zero-order valence-electron chi connectivity index (χ0n) is 10.3. The zero-order chi connectivity index (χ0) is 13.2. The number of hydrogen-bond donors (Lipinski definition) is 0. The Kier molecular flexibility index (Phi) is 4.07. The number of thiophene rings is 1. The molecular weight excluding hydrogens is 270 g/mol. The summed E-state index contributed by atoms with van der Waals surface area (Å²) in [5.41, 5.74) is 0. The van der Waals surface area contributed by atoms with E-state index < -0.39 is 9.84 Å². The van der Waals surface area contributed by atoms with Gasteiger partial charge in [-0.3, -0.25) is 4.79 Å². The van der Waals surface area contributed by atoms with Crippen molar-refractivity contribution in [2.75, 3.05) is 25.1 Å². The van der Waals surface area contributed by atoms with Gasteiger partial charge in [0.1, 0.15) is 9.84 Å². The van der Waals surface area contributed by atoms with Crippen molar-refractivity contribution in [3.8, 4) is 0 Å². The van der Waals surface area contributed by atoms with Crippen LogP contribution in [0.5, 0.6) is 0 Å². The molecule has 2 heterocycles. The van der Waals surface area contributed by atoms with Gasteiger partial charge in [-0.25, -0.2) is 8.42 Å². The molecule has 100 valence electrons. The molecule has 1 aromatic heterocycles. The minimum Gasteiger partial charge on any atom is -0.338 e. The smallest absolute Gasteiger partial charge is 0.263 e. The molecule has 18 heavy (non-hydrogen) atoms. The normalized spacial score (nSPS) is 17.9. The van der Waals surface area contributed by atoms with E-state index in [0.717, 1.165) is 17.7 Å². The van der Waals surface area contributed by atoms with Crippen LogP contribution in [0.4, 0.5) is 0 Å². The highest BCUT2D eigenvalue weighted by molar-refractivity contribution is 7.90. The van der Waals surface area contributed by atoms with Gasteiger partial charge in [0.05, 0.1) is 10.6 Å². The number of hydrogen-bond acceptors (Lipinski definition) is 4. The Morgan fingerprint density at radius 3 is 2.61 bits per heavy atom. The van der Waals surface area contributed by atoms with Crippen molar-refractivity contribution in [2.45, 2.75) is 12.8 Å². The molecule has 1 aromatic rings. The number of sulfone groups is 1. The summed E-state index contributed by atoms with van der Waals surface area (Å²) in [4.78, 5) is 14.7. The van der Waals surface area contributed by atoms with Crippen molar-refractivity contribution in [3.63, 3.8) is 0 Å². The Hall–Kier alpha value is -0.880. The summed E-state index contributed by atoms with van der Waals surface area (Å²) in [6.45, 7) is 1.33. The van der Waals surface area contributed by atoms with Crippen LogP contribution in [0.25, 0.3) is 0 Å². The van der Waals surface area contributed by atoms with Crippen LogP contribution in [0.1, 0.15) is 22.5 Å². The van der Waals surface area contributed by atoms with E-state index in [1.54, 1.807) is 0 Å². The van der Waals surface area contributed by atoms with Crippen LogP contribution >= 0.6 is 11.3 Å². The average molecular weight is 287 g/mol. The van der Waals surface area contributed by atoms with Gasteiger partial charge in [0.15, 0.2) is 0 Å². The second kappa shape index (κ2) is 5.40. The van der Waals surface area contributed by atoms with Crippen molar-refractivity contribution >= 4 is 27.1 Å². The van der Waals surface area contributed by atoms with Crippen LogP contribution in [0, 0.1) is 5.92 Å². The summed E-state index contributed by atoms with van der Waals surface area (Å²) in [6, 6.07) is 3.70. The molecule has 2 rings (SSSR count). The van der Waals surface area contributed by atoms with Gasteiger partial charge in [-0.1, -0.05) is 6.07 Å². The van der Waals surface area contributed by atoms with Crippen molar-refractivity contribution in [1.82, 2.24) is 4.90 Å². The zero-order valence-corrected chi connectivity index (χ0v) is 12.0. The van der Waals surface area contributed by atoms with Crippen LogP contribution in [0.15, 0.2) is 17.5 Å². The molecular formula is C12H17NO3S2. The SMILES string of the molecule is CS(=O)(=O)CC1CCN(C(=O)c2cccs2)CC1. The fourth-order valence-electron chi connectivity index (χ4n) is 2.29. The minimum absolute atomic E-state index is 0.0720. The quantitative estimate of drug-likeness (QED) is 0.849. The van der Waals surface area contributed by atoms with E-state index in [4.69, 9.17) is 0 Å². The molecule has 1 aliphatic heterocycles. The second-order valence-corrected chi connectivity index (χ2v) is 7.94. The lowest BCUT2D eigenvalue weighted by molar-refractivity contribution is 0.0703. The van der Waals surface area contributed by atoms with Gasteiger partial charge in [-0.15, -0.1) is 11.3 Å². The highest BCUT2D eigenvalue weighted by atomic mass is 32.2. The molecule has 0 unspecified atom stereocenters. The number of likely N-dealkylation sites (tertiary alicyclic amines) is 1. The molecule has 6 heteroatoms. The van der Waals surface area contributed by atoms with E-state index in [1.165, 1.54) is 17.6 Å². The van der Waals surface area contributed by atoms with Crippen LogP contribution < -0.4 is 0 Å². The number of amides is 1. The van der Waals surface area contributed by atoms with E-state index in [2.05, 4.69) is 0 Å². The summed E-state index contributed by atoms with van der Waals surface area (Å²) >= 11 is 1.45. The molecule has 0 bridgehead atoms. The van der Waals surface area contributed by atoms with Crippen molar-refractivity contribution in [1.29, 1.82) is 0 Å². The molecule has 1 saturated heterocycles. The Balaban J connectivity index is 1.89. The molecule has 0 saturated carbocycles. The average Bonchev–Trinajstić information content (AvgIpc) is 2.80. The largest absolute Gasteiger partial charge is 0.338 e. The fourth-order valence-corrected chi connectivity index (χ4v) is 4.17. The summed E-state index contributed by atoms with van der Waals surface area (Å²) in [5, 5.41) is 1.89. The van der Waals surface area contributed by atoms with Crippen molar-refractivity contribution in [2.24, 2.45) is 5.92 Å². The molecule has 0 spiro atoms. The van der Waals surface area contributed by atoms with Crippen LogP contribution in [-0.4, -0.2) is 44.3 Å². The fraction of sp³-hybridized carbons (Fsp3) is 0.583. The Labute approximate surface area is 112 Å². The monoisotopic (exact) mass is 287 g/mol. The summed E-state index contributed by atoms with van der Waals surface area (Å²) in [5.74, 6) is 0.517. The van der Waals surface area contributed by atoms with Gasteiger partial charge in [0, 0.05) is 19.3 Å². The Morgan fingerprint density at radius 2 is 2.11 bits per heavy atom. The molecule has 0 radical (unpaired) electrons. The predicted octanol–water partition coefficient (Wildman–Crippen LogP) is 1.64. The van der Waals surface area contributed by atoms with E-state index in [9.17, 15) is 13.2 Å². The van der Waals surface area contributed by atoms with Gasteiger partial charge >= 0.3 is 0 Å². The van der Waals surface area contributed by atoms with Crippen LogP contribution in [-0.2, 0) is 9.84 Å². The first-order chi connectivity index (χ1) is 8.46. The molecule has 0 aromatic carbocycles. The van der Waals surface area contributed by atoms with Gasteiger partial charge < -0.3 is 4.90 Å². The Bertz CT molecular complexity index is 499. The lowest BCUT2D eigenvalue weighted by atomic mass is 9.99. The van der Waals surface area contributed by atoms with Crippen molar-refractivity contribution < 1.29 is 13.2 Å². The molecule has 0 aliphatic carbocycles. The molecule has 0 atom stereocenters. The van der Waals surface area contributed by atoms with E-state index in [1.807, 2.05) is 22.4 Å². The topological polar surface area (TPSA) is 54.5 Å². The van der Waals surface area contributed by atoms with Gasteiger partial charge in [-0.2, -0.15) is 0 Å². The third-order valence-corrected chi connectivity index (χ3v) is 5.11. The minimum atomic E-state index is -2.91. The van der Waals surface area contributed by atoms with Crippen LogP contribution in [0.2, 0.25) is 0 Å². The maximum atomic E-state index is 12.1. The summed E-state index contributed by atoms with van der Waals surface area (Å²) in [7, 11) is -2.91. The first kappa shape index (κ1) is 13.5. The lowest BCUT2D eigenvalue weighted by Crippen LogP contribution is -2.39. The molecule has 1 fully saturated rings. The molecule has 1 amide bonds. The number of carbonyl (C=O) groups is 1. The third-order valence-electron chi connectivity index (χ3n) is 3.17.